The highest BCUT2D eigenvalue weighted by atomic mass is 16.5. The number of aryl methyl sites for hydroxylation is 1. The molecule has 102 valence electrons. The quantitative estimate of drug-likeness (QED) is 0.765. The van der Waals surface area contributed by atoms with E-state index in [-0.39, 0.29) is 12.1 Å². The maximum absolute atomic E-state index is 8.75. The Kier molecular flexibility index (Phi) is 4.68. The maximum atomic E-state index is 8.75. The molecule has 0 spiro atoms. The van der Waals surface area contributed by atoms with Crippen LogP contribution in [0.5, 0.6) is 0 Å². The lowest BCUT2D eigenvalue weighted by Crippen LogP contribution is -2.48. The van der Waals surface area contributed by atoms with E-state index in [9.17, 15) is 0 Å². The van der Waals surface area contributed by atoms with Gasteiger partial charge in [-0.15, -0.1) is 5.10 Å². The minimum Gasteiger partial charge on any atom is -0.396 e. The Morgan fingerprint density at radius 1 is 1.61 bits per heavy atom. The molecule has 1 atom stereocenters. The van der Waals surface area contributed by atoms with E-state index in [1.807, 2.05) is 6.20 Å². The van der Waals surface area contributed by atoms with Gasteiger partial charge in [0.1, 0.15) is 0 Å². The summed E-state index contributed by atoms with van der Waals surface area (Å²) in [4.78, 5) is 0. The molecule has 1 aliphatic heterocycles. The summed E-state index contributed by atoms with van der Waals surface area (Å²) < 4.78 is 7.27. The highest BCUT2D eigenvalue weighted by Gasteiger charge is 2.26. The summed E-state index contributed by atoms with van der Waals surface area (Å²) >= 11 is 0. The molecule has 0 saturated carbocycles. The molecule has 2 heterocycles. The minimum atomic E-state index is 0.0487. The first-order chi connectivity index (χ1) is 8.72. The summed E-state index contributed by atoms with van der Waals surface area (Å²) in [5, 5.41) is 20.4. The second kappa shape index (κ2) is 6.26. The molecular weight excluding hydrogens is 232 g/mol. The van der Waals surface area contributed by atoms with E-state index in [0.29, 0.717) is 19.5 Å². The number of aromatic nitrogens is 3. The number of ether oxygens (including phenoxy) is 1. The van der Waals surface area contributed by atoms with Crippen LogP contribution in [0, 0.1) is 0 Å². The van der Waals surface area contributed by atoms with Crippen LogP contribution in [0.25, 0.3) is 0 Å². The molecule has 0 aliphatic carbocycles. The molecule has 2 N–H and O–H groups in total. The van der Waals surface area contributed by atoms with E-state index < -0.39 is 0 Å². The van der Waals surface area contributed by atoms with Gasteiger partial charge in [0.2, 0.25) is 0 Å². The third-order valence-electron chi connectivity index (χ3n) is 3.27. The van der Waals surface area contributed by atoms with Crippen molar-refractivity contribution >= 4 is 0 Å². The third-order valence-corrected chi connectivity index (χ3v) is 3.27. The van der Waals surface area contributed by atoms with Crippen molar-refractivity contribution in [3.05, 3.63) is 11.9 Å². The topological polar surface area (TPSA) is 72.2 Å². The van der Waals surface area contributed by atoms with Crippen molar-refractivity contribution in [2.75, 3.05) is 19.8 Å². The van der Waals surface area contributed by atoms with E-state index in [1.165, 1.54) is 0 Å². The Morgan fingerprint density at radius 3 is 3.22 bits per heavy atom. The number of nitrogens with one attached hydrogen (secondary N) is 1. The maximum Gasteiger partial charge on any atom is 0.0965 e. The average Bonchev–Trinajstić information content (AvgIpc) is 2.83. The van der Waals surface area contributed by atoms with Gasteiger partial charge in [-0.25, -0.2) is 0 Å². The zero-order valence-corrected chi connectivity index (χ0v) is 10.9. The summed E-state index contributed by atoms with van der Waals surface area (Å²) in [6, 6.07) is 0. The van der Waals surface area contributed by atoms with E-state index in [1.54, 1.807) is 4.68 Å². The third kappa shape index (κ3) is 3.76. The SMILES string of the molecule is CC1(NCc2cn(CCCO)nn2)CCCOC1. The van der Waals surface area contributed by atoms with Crippen LogP contribution in [0.2, 0.25) is 0 Å². The standard InChI is InChI=1S/C12H22N4O2/c1-12(4-2-7-18-10-12)13-8-11-9-16(15-14-11)5-3-6-17/h9,13,17H,2-8,10H2,1H3. The lowest BCUT2D eigenvalue weighted by Gasteiger charge is -2.34. The molecule has 1 unspecified atom stereocenters. The lowest BCUT2D eigenvalue weighted by atomic mass is 9.95. The van der Waals surface area contributed by atoms with E-state index in [0.717, 1.165) is 31.7 Å². The van der Waals surface area contributed by atoms with Crippen molar-refractivity contribution in [2.24, 2.45) is 0 Å². The van der Waals surface area contributed by atoms with Gasteiger partial charge in [-0.05, 0) is 26.2 Å². The van der Waals surface area contributed by atoms with Crippen LogP contribution < -0.4 is 5.32 Å². The van der Waals surface area contributed by atoms with Crippen LogP contribution in [0.15, 0.2) is 6.20 Å². The molecule has 0 bridgehead atoms. The van der Waals surface area contributed by atoms with Gasteiger partial charge in [0.05, 0.1) is 12.3 Å². The van der Waals surface area contributed by atoms with Crippen molar-refractivity contribution in [2.45, 2.75) is 44.8 Å². The van der Waals surface area contributed by atoms with Gasteiger partial charge in [-0.2, -0.15) is 0 Å². The predicted molar refractivity (Wildman–Crippen MR) is 67.0 cm³/mol. The zero-order valence-electron chi connectivity index (χ0n) is 10.9. The first kappa shape index (κ1) is 13.5. The molecule has 18 heavy (non-hydrogen) atoms. The highest BCUT2D eigenvalue weighted by Crippen LogP contribution is 2.18. The van der Waals surface area contributed by atoms with Crippen molar-refractivity contribution in [1.82, 2.24) is 20.3 Å². The molecule has 1 saturated heterocycles. The highest BCUT2D eigenvalue weighted by molar-refractivity contribution is 4.95. The van der Waals surface area contributed by atoms with Crippen molar-refractivity contribution in [3.63, 3.8) is 0 Å². The van der Waals surface area contributed by atoms with E-state index in [2.05, 4.69) is 22.6 Å². The van der Waals surface area contributed by atoms with E-state index >= 15 is 0 Å². The smallest absolute Gasteiger partial charge is 0.0965 e. The second-order valence-corrected chi connectivity index (χ2v) is 5.12. The summed E-state index contributed by atoms with van der Waals surface area (Å²) in [6.07, 6.45) is 4.87. The number of nitrogens with zero attached hydrogens (tertiary/aromatic N) is 3. The Balaban J connectivity index is 1.80. The fraction of sp³-hybridized carbons (Fsp3) is 0.833. The molecule has 1 aromatic rings. The first-order valence-corrected chi connectivity index (χ1v) is 6.54. The largest absolute Gasteiger partial charge is 0.396 e. The molecule has 1 fully saturated rings. The van der Waals surface area contributed by atoms with Crippen LogP contribution in [0.3, 0.4) is 0 Å². The van der Waals surface area contributed by atoms with Crippen LogP contribution in [0.4, 0.5) is 0 Å². The molecule has 0 amide bonds. The van der Waals surface area contributed by atoms with Gasteiger partial charge in [-0.1, -0.05) is 5.21 Å². The van der Waals surface area contributed by atoms with Crippen molar-refractivity contribution in [1.29, 1.82) is 0 Å². The Morgan fingerprint density at radius 2 is 2.50 bits per heavy atom. The number of aliphatic hydroxyl groups excluding tert-OH is 1. The van der Waals surface area contributed by atoms with Crippen LogP contribution in [0.1, 0.15) is 31.9 Å². The van der Waals surface area contributed by atoms with Gasteiger partial charge >= 0.3 is 0 Å². The van der Waals surface area contributed by atoms with Crippen molar-refractivity contribution in [3.8, 4) is 0 Å². The van der Waals surface area contributed by atoms with Crippen LogP contribution in [-0.2, 0) is 17.8 Å². The summed E-state index contributed by atoms with van der Waals surface area (Å²) in [5.74, 6) is 0. The minimum absolute atomic E-state index is 0.0487. The number of rotatable bonds is 6. The predicted octanol–water partition coefficient (Wildman–Crippen LogP) is 0.319. The number of aliphatic hydroxyl groups is 1. The van der Waals surface area contributed by atoms with Gasteiger partial charge < -0.3 is 15.2 Å². The van der Waals surface area contributed by atoms with Gasteiger partial charge in [0.25, 0.3) is 0 Å². The molecular formula is C12H22N4O2. The van der Waals surface area contributed by atoms with Gasteiger partial charge in [-0.3, -0.25) is 4.68 Å². The monoisotopic (exact) mass is 254 g/mol. The molecule has 2 rings (SSSR count). The van der Waals surface area contributed by atoms with Crippen molar-refractivity contribution < 1.29 is 9.84 Å². The Labute approximate surface area is 107 Å². The summed E-state index contributed by atoms with van der Waals surface area (Å²) in [7, 11) is 0. The summed E-state index contributed by atoms with van der Waals surface area (Å²) in [5.41, 5.74) is 0.979. The fourth-order valence-corrected chi connectivity index (χ4v) is 2.14. The Bertz CT molecular complexity index is 361. The van der Waals surface area contributed by atoms with Gasteiger partial charge in [0, 0.05) is 38.0 Å². The summed E-state index contributed by atoms with van der Waals surface area (Å²) in [6.45, 7) is 5.41. The molecule has 1 aromatic heterocycles. The lowest BCUT2D eigenvalue weighted by molar-refractivity contribution is 0.0276. The second-order valence-electron chi connectivity index (χ2n) is 5.12. The zero-order chi connectivity index (χ0) is 12.8. The molecule has 0 radical (unpaired) electrons. The number of hydrogen-bond donors (Lipinski definition) is 2. The van der Waals surface area contributed by atoms with Gasteiger partial charge in [0.15, 0.2) is 0 Å². The number of hydrogen-bond acceptors (Lipinski definition) is 5. The average molecular weight is 254 g/mol. The Hall–Kier alpha value is -0.980. The van der Waals surface area contributed by atoms with Crippen LogP contribution in [-0.4, -0.2) is 45.5 Å². The fourth-order valence-electron chi connectivity index (χ4n) is 2.14. The normalized spacial score (nSPS) is 24.3. The van der Waals surface area contributed by atoms with E-state index in [4.69, 9.17) is 9.84 Å². The molecule has 0 aromatic carbocycles. The molecule has 6 heteroatoms. The van der Waals surface area contributed by atoms with Crippen LogP contribution >= 0.6 is 0 Å². The first-order valence-electron chi connectivity index (χ1n) is 6.54. The molecule has 1 aliphatic rings. The molecule has 6 nitrogen and oxygen atoms in total.